The van der Waals surface area contributed by atoms with Gasteiger partial charge in [-0.3, -0.25) is 4.79 Å². The van der Waals surface area contributed by atoms with Crippen molar-refractivity contribution < 1.29 is 4.79 Å². The molecule has 2 rings (SSSR count). The van der Waals surface area contributed by atoms with Crippen LogP contribution in [-0.2, 0) is 10.3 Å². The highest BCUT2D eigenvalue weighted by Crippen LogP contribution is 2.29. The molecule has 1 aromatic rings. The van der Waals surface area contributed by atoms with E-state index in [1.54, 1.807) is 0 Å². The molecule has 4 heteroatoms. The van der Waals surface area contributed by atoms with Gasteiger partial charge in [0.2, 0.25) is 5.91 Å². The molecule has 0 aromatic heterocycles. The second-order valence-corrected chi connectivity index (χ2v) is 7.34. The topological polar surface area (TPSA) is 41.1 Å². The molecule has 1 amide bonds. The Bertz CT molecular complexity index is 476. The Labute approximate surface area is 129 Å². The van der Waals surface area contributed by atoms with E-state index in [1.165, 1.54) is 0 Å². The first-order valence-corrected chi connectivity index (χ1v) is 7.92. The maximum absolute atomic E-state index is 12.6. The lowest BCUT2D eigenvalue weighted by molar-refractivity contribution is -0.132. The molecule has 0 spiro atoms. The van der Waals surface area contributed by atoms with Crippen molar-refractivity contribution >= 4 is 21.8 Å². The van der Waals surface area contributed by atoms with Gasteiger partial charge >= 0.3 is 0 Å². The first-order chi connectivity index (χ1) is 9.33. The minimum Gasteiger partial charge on any atom is -0.347 e. The smallest absolute Gasteiger partial charge is 0.227 e. The molecule has 2 N–H and O–H groups in total. The number of benzene rings is 1. The monoisotopic (exact) mass is 338 g/mol. The van der Waals surface area contributed by atoms with Crippen molar-refractivity contribution in [1.82, 2.24) is 10.6 Å². The van der Waals surface area contributed by atoms with Crippen LogP contribution in [0.4, 0.5) is 0 Å². The Hall–Kier alpha value is -0.870. The van der Waals surface area contributed by atoms with Gasteiger partial charge in [0.25, 0.3) is 0 Å². The zero-order chi connectivity index (χ0) is 14.8. The van der Waals surface area contributed by atoms with Gasteiger partial charge in [-0.2, -0.15) is 0 Å². The fourth-order valence-electron chi connectivity index (χ4n) is 2.62. The number of hydrogen-bond donors (Lipinski definition) is 2. The lowest BCUT2D eigenvalue weighted by atomic mass is 9.80. The van der Waals surface area contributed by atoms with Crippen LogP contribution in [0, 0.1) is 5.41 Å². The summed E-state index contributed by atoms with van der Waals surface area (Å²) in [5.41, 5.74) is 0.449. The van der Waals surface area contributed by atoms with E-state index in [-0.39, 0.29) is 16.9 Å². The molecule has 1 aliphatic rings. The van der Waals surface area contributed by atoms with Gasteiger partial charge in [0.05, 0.1) is 11.0 Å². The number of nitrogens with one attached hydrogen (secondary N) is 2. The predicted octanol–water partition coefficient (Wildman–Crippen LogP) is 3.19. The lowest BCUT2D eigenvalue weighted by Crippen LogP contribution is -2.53. The van der Waals surface area contributed by atoms with Crippen LogP contribution in [-0.4, -0.2) is 19.0 Å². The lowest BCUT2D eigenvalue weighted by Gasteiger charge is -2.37. The van der Waals surface area contributed by atoms with Crippen LogP contribution in [0.25, 0.3) is 0 Å². The summed E-state index contributed by atoms with van der Waals surface area (Å²) in [6, 6.07) is 8.11. The highest BCUT2D eigenvalue weighted by molar-refractivity contribution is 9.10. The normalized spacial score (nSPS) is 23.4. The van der Waals surface area contributed by atoms with Gasteiger partial charge in [-0.15, -0.1) is 0 Å². The summed E-state index contributed by atoms with van der Waals surface area (Å²) in [7, 11) is 0. The van der Waals surface area contributed by atoms with Crippen LogP contribution in [0.15, 0.2) is 28.7 Å². The fourth-order valence-corrected chi connectivity index (χ4v) is 2.89. The van der Waals surface area contributed by atoms with E-state index in [9.17, 15) is 4.79 Å². The van der Waals surface area contributed by atoms with Crippen LogP contribution in [0.2, 0.25) is 0 Å². The van der Waals surface area contributed by atoms with E-state index in [0.717, 1.165) is 36.0 Å². The molecule has 1 aromatic carbocycles. The van der Waals surface area contributed by atoms with Gasteiger partial charge in [-0.25, -0.2) is 0 Å². The Morgan fingerprint density at radius 3 is 2.55 bits per heavy atom. The Morgan fingerprint density at radius 2 is 2.00 bits per heavy atom. The van der Waals surface area contributed by atoms with E-state index < -0.39 is 0 Å². The molecule has 3 nitrogen and oxygen atoms in total. The van der Waals surface area contributed by atoms with Gasteiger partial charge < -0.3 is 10.6 Å². The van der Waals surface area contributed by atoms with Crippen molar-refractivity contribution in [3.63, 3.8) is 0 Å². The average Bonchev–Trinajstić information content (AvgIpc) is 2.39. The van der Waals surface area contributed by atoms with Crippen LogP contribution in [0.5, 0.6) is 0 Å². The number of halogens is 1. The number of hydrogen-bond acceptors (Lipinski definition) is 2. The summed E-state index contributed by atoms with van der Waals surface area (Å²) in [6.07, 6.45) is 2.00. The molecular formula is C16H23BrN2O. The van der Waals surface area contributed by atoms with Gasteiger partial charge in [-0.1, -0.05) is 28.1 Å². The molecule has 0 bridgehead atoms. The molecular weight excluding hydrogens is 316 g/mol. The second kappa shape index (κ2) is 5.86. The van der Waals surface area contributed by atoms with E-state index in [0.29, 0.717) is 0 Å². The largest absolute Gasteiger partial charge is 0.347 e. The SMILES string of the molecule is CC1(C(=O)NC(C)(C)c2ccc(Br)cc2)CCCNC1. The third-order valence-electron chi connectivity index (χ3n) is 4.14. The fraction of sp³-hybridized carbons (Fsp3) is 0.562. The van der Waals surface area contributed by atoms with Crippen molar-refractivity contribution in [2.45, 2.75) is 39.2 Å². The number of amides is 1. The van der Waals surface area contributed by atoms with E-state index >= 15 is 0 Å². The molecule has 1 heterocycles. The number of carbonyl (C=O) groups is 1. The van der Waals surface area contributed by atoms with Crippen LogP contribution >= 0.6 is 15.9 Å². The number of rotatable bonds is 3. The molecule has 20 heavy (non-hydrogen) atoms. The molecule has 110 valence electrons. The highest BCUT2D eigenvalue weighted by Gasteiger charge is 2.37. The molecule has 0 radical (unpaired) electrons. The van der Waals surface area contributed by atoms with Crippen molar-refractivity contribution in [3.8, 4) is 0 Å². The molecule has 1 unspecified atom stereocenters. The molecule has 1 saturated heterocycles. The summed E-state index contributed by atoms with van der Waals surface area (Å²) in [4.78, 5) is 12.6. The van der Waals surface area contributed by atoms with Gasteiger partial charge in [0, 0.05) is 11.0 Å². The Balaban J connectivity index is 2.11. The van der Waals surface area contributed by atoms with Crippen molar-refractivity contribution in [2.75, 3.05) is 13.1 Å². The molecule has 1 fully saturated rings. The van der Waals surface area contributed by atoms with E-state index in [4.69, 9.17) is 0 Å². The number of carbonyl (C=O) groups excluding carboxylic acids is 1. The van der Waals surface area contributed by atoms with Crippen molar-refractivity contribution in [1.29, 1.82) is 0 Å². The second-order valence-electron chi connectivity index (χ2n) is 6.43. The van der Waals surface area contributed by atoms with Crippen LogP contribution < -0.4 is 10.6 Å². The maximum atomic E-state index is 12.6. The minimum atomic E-state index is -0.363. The quantitative estimate of drug-likeness (QED) is 0.888. The van der Waals surface area contributed by atoms with Gasteiger partial charge in [-0.05, 0) is 57.9 Å². The summed E-state index contributed by atoms with van der Waals surface area (Å²) < 4.78 is 1.05. The summed E-state index contributed by atoms with van der Waals surface area (Å²) in [5.74, 6) is 0.137. The van der Waals surface area contributed by atoms with Crippen molar-refractivity contribution in [2.24, 2.45) is 5.41 Å². The summed E-state index contributed by atoms with van der Waals surface area (Å²) >= 11 is 3.44. The van der Waals surface area contributed by atoms with E-state index in [2.05, 4.69) is 26.6 Å². The molecule has 1 atom stereocenters. The summed E-state index contributed by atoms with van der Waals surface area (Å²) in [5, 5.41) is 6.53. The van der Waals surface area contributed by atoms with Crippen LogP contribution in [0.1, 0.15) is 39.2 Å². The maximum Gasteiger partial charge on any atom is 0.227 e. The predicted molar refractivity (Wildman–Crippen MR) is 85.5 cm³/mol. The standard InChI is InChI=1S/C16H23BrN2O/c1-15(2,12-5-7-13(17)8-6-12)19-14(20)16(3)9-4-10-18-11-16/h5-8,18H,4,9-11H2,1-3H3,(H,19,20). The zero-order valence-electron chi connectivity index (χ0n) is 12.4. The molecule has 1 aliphatic heterocycles. The first kappa shape index (κ1) is 15.5. The van der Waals surface area contributed by atoms with Crippen LogP contribution in [0.3, 0.4) is 0 Å². The van der Waals surface area contributed by atoms with E-state index in [1.807, 2.05) is 45.0 Å². The third kappa shape index (κ3) is 3.41. The third-order valence-corrected chi connectivity index (χ3v) is 4.67. The van der Waals surface area contributed by atoms with Gasteiger partial charge in [0.15, 0.2) is 0 Å². The number of piperidine rings is 1. The molecule has 0 saturated carbocycles. The summed E-state index contributed by atoms with van der Waals surface area (Å²) in [6.45, 7) is 7.92. The molecule has 0 aliphatic carbocycles. The highest BCUT2D eigenvalue weighted by atomic mass is 79.9. The average molecular weight is 339 g/mol. The Morgan fingerprint density at radius 1 is 1.35 bits per heavy atom. The zero-order valence-corrected chi connectivity index (χ0v) is 14.0. The Kier molecular flexibility index (Phi) is 4.55. The van der Waals surface area contributed by atoms with Gasteiger partial charge in [0.1, 0.15) is 0 Å². The van der Waals surface area contributed by atoms with Crippen molar-refractivity contribution in [3.05, 3.63) is 34.3 Å². The first-order valence-electron chi connectivity index (χ1n) is 7.13. The minimum absolute atomic E-state index is 0.137.